The van der Waals surface area contributed by atoms with E-state index >= 15 is 0 Å². The van der Waals surface area contributed by atoms with E-state index in [-0.39, 0.29) is 12.0 Å². The van der Waals surface area contributed by atoms with Gasteiger partial charge in [0.25, 0.3) is 0 Å². The summed E-state index contributed by atoms with van der Waals surface area (Å²) in [5, 5.41) is 0. The first-order valence-electron chi connectivity index (χ1n) is 6.39. The van der Waals surface area contributed by atoms with Crippen LogP contribution in [0.15, 0.2) is 24.3 Å². The maximum atomic E-state index is 12.2. The third-order valence-electron chi connectivity index (χ3n) is 3.85. The number of carbonyl (C=O) groups is 1. The summed E-state index contributed by atoms with van der Waals surface area (Å²) in [4.78, 5) is 14.2. The third-order valence-corrected chi connectivity index (χ3v) is 3.85. The number of carbonyl (C=O) groups excluding carboxylic acids is 1. The smallest absolute Gasteiger partial charge is 0.226 e. The molecule has 90 valence electrons. The van der Waals surface area contributed by atoms with Crippen molar-refractivity contribution in [2.24, 2.45) is 11.7 Å². The van der Waals surface area contributed by atoms with Gasteiger partial charge in [-0.15, -0.1) is 0 Å². The molecule has 1 aliphatic heterocycles. The van der Waals surface area contributed by atoms with Crippen LogP contribution in [0.2, 0.25) is 0 Å². The van der Waals surface area contributed by atoms with Gasteiger partial charge in [-0.05, 0) is 30.4 Å². The third kappa shape index (κ3) is 1.84. The van der Waals surface area contributed by atoms with Crippen molar-refractivity contribution < 1.29 is 4.79 Å². The molecule has 1 aromatic rings. The molecule has 0 spiro atoms. The van der Waals surface area contributed by atoms with Crippen LogP contribution < -0.4 is 5.73 Å². The number of hydrogen-bond donors (Lipinski definition) is 1. The van der Waals surface area contributed by atoms with Gasteiger partial charge < -0.3 is 10.6 Å². The molecule has 1 unspecified atom stereocenters. The van der Waals surface area contributed by atoms with E-state index in [2.05, 4.69) is 18.2 Å². The summed E-state index contributed by atoms with van der Waals surface area (Å²) in [7, 11) is 0. The lowest BCUT2D eigenvalue weighted by Crippen LogP contribution is -2.43. The Hall–Kier alpha value is -1.35. The Morgan fingerprint density at radius 1 is 1.35 bits per heavy atom. The van der Waals surface area contributed by atoms with E-state index in [1.807, 2.05) is 11.0 Å². The van der Waals surface area contributed by atoms with Crippen LogP contribution in [0, 0.1) is 5.92 Å². The average molecular weight is 230 g/mol. The molecule has 1 atom stereocenters. The quantitative estimate of drug-likeness (QED) is 0.836. The van der Waals surface area contributed by atoms with E-state index in [9.17, 15) is 4.79 Å². The molecule has 1 heterocycles. The van der Waals surface area contributed by atoms with Crippen molar-refractivity contribution in [1.29, 1.82) is 0 Å². The van der Waals surface area contributed by atoms with Gasteiger partial charge >= 0.3 is 0 Å². The van der Waals surface area contributed by atoms with Gasteiger partial charge in [0, 0.05) is 19.0 Å². The zero-order valence-corrected chi connectivity index (χ0v) is 9.93. The Bertz CT molecular complexity index is 440. The molecule has 1 saturated carbocycles. The van der Waals surface area contributed by atoms with Crippen LogP contribution in [0.5, 0.6) is 0 Å². The summed E-state index contributed by atoms with van der Waals surface area (Å²) in [6.45, 7) is 1.35. The minimum Gasteiger partial charge on any atom is -0.334 e. The molecule has 2 aliphatic rings. The maximum Gasteiger partial charge on any atom is 0.226 e. The van der Waals surface area contributed by atoms with Crippen molar-refractivity contribution in [1.82, 2.24) is 4.90 Å². The number of fused-ring (bicyclic) bond motifs is 1. The van der Waals surface area contributed by atoms with Gasteiger partial charge in [0.15, 0.2) is 0 Å². The molecule has 0 bridgehead atoms. The molecule has 1 amide bonds. The highest BCUT2D eigenvalue weighted by molar-refractivity contribution is 5.81. The van der Waals surface area contributed by atoms with Crippen LogP contribution in [0.1, 0.15) is 30.0 Å². The van der Waals surface area contributed by atoms with Crippen molar-refractivity contribution in [2.45, 2.75) is 25.3 Å². The number of amides is 1. The minimum absolute atomic E-state index is 0.0908. The second-order valence-corrected chi connectivity index (χ2v) is 5.01. The van der Waals surface area contributed by atoms with E-state index in [0.29, 0.717) is 12.5 Å². The molecule has 3 heteroatoms. The summed E-state index contributed by atoms with van der Waals surface area (Å²) in [6.07, 6.45) is 3.09. The van der Waals surface area contributed by atoms with Crippen molar-refractivity contribution in [3.8, 4) is 0 Å². The lowest BCUT2D eigenvalue weighted by atomic mass is 9.92. The first kappa shape index (κ1) is 10.8. The van der Waals surface area contributed by atoms with Gasteiger partial charge in [-0.2, -0.15) is 0 Å². The van der Waals surface area contributed by atoms with Gasteiger partial charge in [-0.25, -0.2) is 0 Å². The predicted molar refractivity (Wildman–Crippen MR) is 66.4 cm³/mol. The highest BCUT2D eigenvalue weighted by Crippen LogP contribution is 2.36. The first-order chi connectivity index (χ1) is 8.31. The average Bonchev–Trinajstić information content (AvgIpc) is 3.20. The topological polar surface area (TPSA) is 46.3 Å². The summed E-state index contributed by atoms with van der Waals surface area (Å²) in [5.41, 5.74) is 8.47. The predicted octanol–water partition coefficient (Wildman–Crippen LogP) is 1.48. The van der Waals surface area contributed by atoms with Crippen molar-refractivity contribution >= 4 is 5.91 Å². The van der Waals surface area contributed by atoms with Gasteiger partial charge in [-0.3, -0.25) is 4.79 Å². The molecular weight excluding hydrogens is 212 g/mol. The lowest BCUT2D eigenvalue weighted by molar-refractivity contribution is -0.135. The second-order valence-electron chi connectivity index (χ2n) is 5.01. The van der Waals surface area contributed by atoms with Crippen LogP contribution in [0.4, 0.5) is 0 Å². The molecule has 0 saturated heterocycles. The Labute approximate surface area is 102 Å². The number of nitrogens with two attached hydrogens (primary N) is 1. The largest absolute Gasteiger partial charge is 0.334 e. The van der Waals surface area contributed by atoms with Crippen LogP contribution in [-0.2, 0) is 11.2 Å². The number of rotatable bonds is 2. The van der Waals surface area contributed by atoms with E-state index in [0.717, 1.165) is 25.8 Å². The number of benzene rings is 1. The van der Waals surface area contributed by atoms with Gasteiger partial charge in [0.05, 0.1) is 6.04 Å². The van der Waals surface area contributed by atoms with Crippen LogP contribution in [-0.4, -0.2) is 23.9 Å². The molecule has 17 heavy (non-hydrogen) atoms. The van der Waals surface area contributed by atoms with E-state index in [4.69, 9.17) is 5.73 Å². The number of hydrogen-bond acceptors (Lipinski definition) is 2. The highest BCUT2D eigenvalue weighted by Gasteiger charge is 2.38. The second kappa shape index (κ2) is 4.15. The van der Waals surface area contributed by atoms with Crippen molar-refractivity contribution in [3.63, 3.8) is 0 Å². The fraction of sp³-hybridized carbons (Fsp3) is 0.500. The van der Waals surface area contributed by atoms with E-state index < -0.39 is 0 Å². The molecule has 3 rings (SSSR count). The van der Waals surface area contributed by atoms with Crippen LogP contribution in [0.25, 0.3) is 0 Å². The molecule has 0 aromatic heterocycles. The van der Waals surface area contributed by atoms with Gasteiger partial charge in [0.1, 0.15) is 0 Å². The molecule has 1 fully saturated rings. The first-order valence-corrected chi connectivity index (χ1v) is 6.39. The zero-order valence-electron chi connectivity index (χ0n) is 9.93. The molecule has 2 N–H and O–H groups in total. The van der Waals surface area contributed by atoms with Crippen LogP contribution in [0.3, 0.4) is 0 Å². The van der Waals surface area contributed by atoms with Gasteiger partial charge in [-0.1, -0.05) is 24.3 Å². The normalized spacial score (nSPS) is 23.4. The Morgan fingerprint density at radius 3 is 2.82 bits per heavy atom. The standard InChI is InChI=1S/C14H18N2O/c15-9-13-12-4-2-1-3-10(12)7-8-16(13)14(17)11-5-6-11/h1-4,11,13H,5-9,15H2. The summed E-state index contributed by atoms with van der Waals surface area (Å²) in [5.74, 6) is 0.601. The molecule has 0 radical (unpaired) electrons. The minimum atomic E-state index is 0.0908. The zero-order chi connectivity index (χ0) is 11.8. The highest BCUT2D eigenvalue weighted by atomic mass is 16.2. The molecular formula is C14H18N2O. The number of nitrogens with zero attached hydrogens (tertiary/aromatic N) is 1. The van der Waals surface area contributed by atoms with E-state index in [1.165, 1.54) is 11.1 Å². The lowest BCUT2D eigenvalue weighted by Gasteiger charge is -2.37. The van der Waals surface area contributed by atoms with Crippen molar-refractivity contribution in [2.75, 3.05) is 13.1 Å². The SMILES string of the molecule is NCC1c2ccccc2CCN1C(=O)C1CC1. The van der Waals surface area contributed by atoms with Gasteiger partial charge in [0.2, 0.25) is 5.91 Å². The monoisotopic (exact) mass is 230 g/mol. The Morgan fingerprint density at radius 2 is 2.12 bits per heavy atom. The Kier molecular flexibility index (Phi) is 2.63. The summed E-state index contributed by atoms with van der Waals surface area (Å²) >= 11 is 0. The fourth-order valence-electron chi connectivity index (χ4n) is 2.73. The maximum absolute atomic E-state index is 12.2. The molecule has 1 aromatic carbocycles. The Balaban J connectivity index is 1.91. The van der Waals surface area contributed by atoms with Crippen molar-refractivity contribution in [3.05, 3.63) is 35.4 Å². The van der Waals surface area contributed by atoms with E-state index in [1.54, 1.807) is 0 Å². The molecule has 3 nitrogen and oxygen atoms in total. The fourth-order valence-corrected chi connectivity index (χ4v) is 2.73. The summed E-state index contributed by atoms with van der Waals surface area (Å²) in [6, 6.07) is 8.45. The summed E-state index contributed by atoms with van der Waals surface area (Å²) < 4.78 is 0. The molecule has 1 aliphatic carbocycles. The van der Waals surface area contributed by atoms with Crippen LogP contribution >= 0.6 is 0 Å².